The third-order valence-electron chi connectivity index (χ3n) is 6.27. The number of aromatic nitrogens is 3. The zero-order valence-corrected chi connectivity index (χ0v) is 19.7. The van der Waals surface area contributed by atoms with Gasteiger partial charge in [-0.3, -0.25) is 9.59 Å². The number of hydrogen-bond donors (Lipinski definition) is 2. The number of nitrogens with two attached hydrogens (primary N) is 2. The van der Waals surface area contributed by atoms with Crippen molar-refractivity contribution in [2.45, 2.75) is 18.1 Å². The van der Waals surface area contributed by atoms with E-state index in [2.05, 4.69) is 5.10 Å². The van der Waals surface area contributed by atoms with Crippen LogP contribution >= 0.6 is 0 Å². The summed E-state index contributed by atoms with van der Waals surface area (Å²) in [7, 11) is 0. The van der Waals surface area contributed by atoms with Crippen LogP contribution in [-0.2, 0) is 20.7 Å². The van der Waals surface area contributed by atoms with Gasteiger partial charge in [-0.2, -0.15) is 5.10 Å². The molecule has 4 N–H and O–H groups in total. The Morgan fingerprint density at radius 3 is 2.32 bits per heavy atom. The van der Waals surface area contributed by atoms with Crippen LogP contribution in [0, 0.1) is 5.82 Å². The monoisotopic (exact) mass is 501 g/mol. The van der Waals surface area contributed by atoms with Crippen molar-refractivity contribution in [3.8, 4) is 17.1 Å². The van der Waals surface area contributed by atoms with Gasteiger partial charge in [0.1, 0.15) is 5.82 Å². The molecular formula is C27H24FN5O4. The minimum Gasteiger partial charge on any atom is -0.365 e. The predicted octanol–water partition coefficient (Wildman–Crippen LogP) is 2.73. The Balaban J connectivity index is 1.61. The molecule has 1 aliphatic rings. The second-order valence-corrected chi connectivity index (χ2v) is 8.59. The van der Waals surface area contributed by atoms with Gasteiger partial charge in [-0.05, 0) is 54.4 Å². The van der Waals surface area contributed by atoms with Gasteiger partial charge in [-0.15, -0.1) is 0 Å². The largest absolute Gasteiger partial charge is 0.365 e. The molecule has 188 valence electrons. The van der Waals surface area contributed by atoms with E-state index in [4.69, 9.17) is 25.9 Å². The van der Waals surface area contributed by atoms with Crippen LogP contribution in [0.25, 0.3) is 17.1 Å². The first-order valence-electron chi connectivity index (χ1n) is 11.6. The standard InChI is InChI=1S/C27H24FN5O4/c28-19-8-6-18(7-9-19)22-12-13-33(32-22)25-20(24(29)34)10-11-23(31-25)21(16-17-4-2-1-3-5-17)27(26(30)35)36-14-15-37-27/h1-13,21H,14-16H2,(H2,29,34)(H2,30,35)/t21-/m0/s1. The molecule has 1 saturated heterocycles. The van der Waals surface area contributed by atoms with Crippen molar-refractivity contribution < 1.29 is 23.5 Å². The zero-order chi connectivity index (χ0) is 26.0. The van der Waals surface area contributed by atoms with E-state index < -0.39 is 23.5 Å². The summed E-state index contributed by atoms with van der Waals surface area (Å²) in [6.45, 7) is 0.390. The van der Waals surface area contributed by atoms with Crippen molar-refractivity contribution in [1.29, 1.82) is 0 Å². The molecule has 0 unspecified atom stereocenters. The first-order valence-corrected chi connectivity index (χ1v) is 11.6. The summed E-state index contributed by atoms with van der Waals surface area (Å²) in [6, 6.07) is 20.2. The SMILES string of the molecule is NC(=O)c1ccc([C@H](Cc2ccccc2)C2(C(N)=O)OCCO2)nc1-n1ccc(-c2ccc(F)cc2)n1. The molecule has 2 aromatic carbocycles. The number of nitrogens with zero attached hydrogens (tertiary/aromatic N) is 3. The van der Waals surface area contributed by atoms with Crippen LogP contribution in [0.3, 0.4) is 0 Å². The highest BCUT2D eigenvalue weighted by Gasteiger charge is 2.51. The lowest BCUT2D eigenvalue weighted by Crippen LogP contribution is -2.51. The van der Waals surface area contributed by atoms with E-state index in [-0.39, 0.29) is 30.4 Å². The molecule has 1 fully saturated rings. The number of hydrogen-bond acceptors (Lipinski definition) is 6. The molecule has 10 heteroatoms. The third kappa shape index (κ3) is 4.72. The number of carbonyl (C=O) groups is 2. The van der Waals surface area contributed by atoms with Crippen molar-refractivity contribution in [3.05, 3.63) is 102 Å². The number of halogens is 1. The Hall–Kier alpha value is -4.41. The van der Waals surface area contributed by atoms with Gasteiger partial charge in [-0.25, -0.2) is 14.1 Å². The van der Waals surface area contributed by atoms with Crippen LogP contribution in [0.15, 0.2) is 79.0 Å². The number of carbonyl (C=O) groups excluding carboxylic acids is 2. The van der Waals surface area contributed by atoms with Crippen LogP contribution in [0.5, 0.6) is 0 Å². The lowest BCUT2D eigenvalue weighted by molar-refractivity contribution is -0.188. The van der Waals surface area contributed by atoms with Gasteiger partial charge in [0.25, 0.3) is 17.6 Å². The summed E-state index contributed by atoms with van der Waals surface area (Å²) in [5.74, 6) is -4.15. The summed E-state index contributed by atoms with van der Waals surface area (Å²) >= 11 is 0. The minimum atomic E-state index is -1.74. The molecule has 9 nitrogen and oxygen atoms in total. The van der Waals surface area contributed by atoms with Gasteiger partial charge in [-0.1, -0.05) is 30.3 Å². The Morgan fingerprint density at radius 2 is 1.68 bits per heavy atom. The molecular weight excluding hydrogens is 477 g/mol. The molecule has 0 spiro atoms. The first kappa shape index (κ1) is 24.3. The Morgan fingerprint density at radius 1 is 0.973 bits per heavy atom. The quantitative estimate of drug-likeness (QED) is 0.381. The first-order chi connectivity index (χ1) is 17.9. The molecule has 2 amide bonds. The number of benzene rings is 2. The van der Waals surface area contributed by atoms with E-state index in [0.717, 1.165) is 5.56 Å². The molecule has 0 aliphatic carbocycles. The maximum atomic E-state index is 13.4. The maximum absolute atomic E-state index is 13.4. The molecule has 1 aliphatic heterocycles. The number of pyridine rings is 1. The highest BCUT2D eigenvalue weighted by atomic mass is 19.1. The summed E-state index contributed by atoms with van der Waals surface area (Å²) in [4.78, 5) is 29.7. The number of primary amides is 2. The molecule has 1 atom stereocenters. The number of amides is 2. The van der Waals surface area contributed by atoms with E-state index in [1.54, 1.807) is 30.5 Å². The lowest BCUT2D eigenvalue weighted by Gasteiger charge is -2.32. The molecule has 3 heterocycles. The fraction of sp³-hybridized carbons (Fsp3) is 0.185. The van der Waals surface area contributed by atoms with Crippen LogP contribution < -0.4 is 11.5 Å². The minimum absolute atomic E-state index is 0.123. The van der Waals surface area contributed by atoms with Crippen molar-refractivity contribution in [1.82, 2.24) is 14.8 Å². The molecule has 0 bridgehead atoms. The van der Waals surface area contributed by atoms with Gasteiger partial charge in [0, 0.05) is 11.8 Å². The van der Waals surface area contributed by atoms with Gasteiger partial charge in [0.15, 0.2) is 5.82 Å². The molecule has 37 heavy (non-hydrogen) atoms. The molecule has 5 rings (SSSR count). The van der Waals surface area contributed by atoms with Crippen molar-refractivity contribution in [2.75, 3.05) is 13.2 Å². The summed E-state index contributed by atoms with van der Waals surface area (Å²) in [5, 5.41) is 4.53. The van der Waals surface area contributed by atoms with Crippen LogP contribution in [0.1, 0.15) is 27.5 Å². The molecule has 4 aromatic rings. The molecule has 0 saturated carbocycles. The molecule has 2 aromatic heterocycles. The highest BCUT2D eigenvalue weighted by Crippen LogP contribution is 2.38. The molecule has 0 radical (unpaired) electrons. The lowest BCUT2D eigenvalue weighted by atomic mass is 9.87. The third-order valence-corrected chi connectivity index (χ3v) is 6.27. The zero-order valence-electron chi connectivity index (χ0n) is 19.7. The highest BCUT2D eigenvalue weighted by molar-refractivity contribution is 5.96. The van der Waals surface area contributed by atoms with Gasteiger partial charge < -0.3 is 20.9 Å². The number of rotatable bonds is 8. The maximum Gasteiger partial charge on any atom is 0.278 e. The van der Waals surface area contributed by atoms with E-state index in [1.807, 2.05) is 30.3 Å². The normalized spacial score (nSPS) is 15.4. The summed E-state index contributed by atoms with van der Waals surface area (Å²) in [6.07, 6.45) is 1.95. The Labute approximate surface area is 211 Å². The van der Waals surface area contributed by atoms with Gasteiger partial charge >= 0.3 is 0 Å². The topological polar surface area (TPSA) is 135 Å². The number of ether oxygens (including phenoxy) is 2. The van der Waals surface area contributed by atoms with Gasteiger partial charge in [0.2, 0.25) is 0 Å². The van der Waals surface area contributed by atoms with Crippen LogP contribution in [0.4, 0.5) is 4.39 Å². The predicted molar refractivity (Wildman–Crippen MR) is 132 cm³/mol. The van der Waals surface area contributed by atoms with E-state index in [1.165, 1.54) is 22.9 Å². The second-order valence-electron chi connectivity index (χ2n) is 8.59. The van der Waals surface area contributed by atoms with Crippen molar-refractivity contribution in [2.24, 2.45) is 11.5 Å². The van der Waals surface area contributed by atoms with Crippen LogP contribution in [-0.4, -0.2) is 45.6 Å². The van der Waals surface area contributed by atoms with E-state index in [0.29, 0.717) is 23.4 Å². The smallest absolute Gasteiger partial charge is 0.278 e. The summed E-state index contributed by atoms with van der Waals surface area (Å²) in [5.41, 5.74) is 14.1. The Kier molecular flexibility index (Phi) is 6.51. The second kappa shape index (κ2) is 9.92. The van der Waals surface area contributed by atoms with Gasteiger partial charge in [0.05, 0.1) is 36.1 Å². The average molecular weight is 502 g/mol. The average Bonchev–Trinajstić information content (AvgIpc) is 3.59. The van der Waals surface area contributed by atoms with Crippen LogP contribution in [0.2, 0.25) is 0 Å². The fourth-order valence-corrected chi connectivity index (χ4v) is 4.47. The summed E-state index contributed by atoms with van der Waals surface area (Å²) < 4.78 is 26.4. The van der Waals surface area contributed by atoms with E-state index in [9.17, 15) is 14.0 Å². The van der Waals surface area contributed by atoms with Crippen molar-refractivity contribution >= 4 is 11.8 Å². The Bertz CT molecular complexity index is 1430. The van der Waals surface area contributed by atoms with Crippen molar-refractivity contribution in [3.63, 3.8) is 0 Å². The fourth-order valence-electron chi connectivity index (χ4n) is 4.47. The van der Waals surface area contributed by atoms with E-state index >= 15 is 0 Å².